The third-order valence-corrected chi connectivity index (χ3v) is 1.77. The Morgan fingerprint density at radius 1 is 1.22 bits per heavy atom. The average Bonchev–Trinajstić information content (AvgIpc) is 2.23. The highest BCUT2D eigenvalue weighted by Gasteiger charge is 2.23. The molecular weight excluding hydrogens is 236 g/mol. The van der Waals surface area contributed by atoms with E-state index < -0.39 is 23.4 Å². The van der Waals surface area contributed by atoms with Crippen molar-refractivity contribution in [2.75, 3.05) is 6.54 Å². The molecule has 0 aromatic heterocycles. The van der Waals surface area contributed by atoms with Gasteiger partial charge in [-0.25, -0.2) is 0 Å². The quantitative estimate of drug-likeness (QED) is 0.445. The number of nitriles is 1. The molecular formula is C11H18N4O3. The van der Waals surface area contributed by atoms with Gasteiger partial charge >= 0.3 is 11.8 Å². The summed E-state index contributed by atoms with van der Waals surface area (Å²) < 4.78 is 0. The number of carbonyl (C=O) groups excluding carboxylic acids is 3. The highest BCUT2D eigenvalue weighted by molar-refractivity contribution is 6.35. The second-order valence-electron chi connectivity index (χ2n) is 4.78. The lowest BCUT2D eigenvalue weighted by Crippen LogP contribution is -2.53. The summed E-state index contributed by atoms with van der Waals surface area (Å²) in [6.45, 7) is 6.63. The Kier molecular flexibility index (Phi) is 5.82. The molecule has 1 unspecified atom stereocenters. The van der Waals surface area contributed by atoms with Crippen molar-refractivity contribution in [2.45, 2.75) is 39.3 Å². The van der Waals surface area contributed by atoms with Crippen LogP contribution in [-0.4, -0.2) is 35.8 Å². The Bertz CT molecular complexity index is 379. The second-order valence-corrected chi connectivity index (χ2v) is 4.78. The van der Waals surface area contributed by atoms with Crippen molar-refractivity contribution in [3.63, 3.8) is 0 Å². The zero-order chi connectivity index (χ0) is 14.3. The summed E-state index contributed by atoms with van der Waals surface area (Å²) in [5.41, 5.74) is -0.418. The normalized spacial score (nSPS) is 11.9. The van der Waals surface area contributed by atoms with E-state index in [1.165, 1.54) is 6.92 Å². The Labute approximate surface area is 106 Å². The molecule has 0 bridgehead atoms. The molecule has 0 aromatic carbocycles. The lowest BCUT2D eigenvalue weighted by molar-refractivity contribution is -0.140. The zero-order valence-corrected chi connectivity index (χ0v) is 11.0. The first-order valence-electron chi connectivity index (χ1n) is 5.45. The molecule has 3 N–H and O–H groups in total. The zero-order valence-electron chi connectivity index (χ0n) is 11.0. The molecule has 7 heteroatoms. The fraction of sp³-hybridized carbons (Fsp3) is 0.636. The van der Waals surface area contributed by atoms with Crippen LogP contribution >= 0.6 is 0 Å². The van der Waals surface area contributed by atoms with E-state index in [1.54, 1.807) is 26.8 Å². The molecule has 0 rings (SSSR count). The maximum atomic E-state index is 11.6. The number of nitrogens with zero attached hydrogens (tertiary/aromatic N) is 1. The van der Waals surface area contributed by atoms with Crippen molar-refractivity contribution < 1.29 is 14.4 Å². The first kappa shape index (κ1) is 15.9. The number of hydrogen-bond acceptors (Lipinski definition) is 4. The van der Waals surface area contributed by atoms with Crippen molar-refractivity contribution in [3.8, 4) is 6.07 Å². The molecule has 0 fully saturated rings. The number of carbonyl (C=O) groups is 3. The molecule has 0 aromatic rings. The number of hydrogen-bond donors (Lipinski definition) is 3. The summed E-state index contributed by atoms with van der Waals surface area (Å²) in [4.78, 5) is 34.1. The SMILES string of the molecule is CC(NC(=O)C(=O)NCC#N)C(=O)NC(C)(C)C. The summed E-state index contributed by atoms with van der Waals surface area (Å²) >= 11 is 0. The van der Waals surface area contributed by atoms with Gasteiger partial charge in [0.1, 0.15) is 12.6 Å². The third kappa shape index (κ3) is 6.48. The fourth-order valence-corrected chi connectivity index (χ4v) is 1.01. The van der Waals surface area contributed by atoms with Crippen LogP contribution in [0.2, 0.25) is 0 Å². The van der Waals surface area contributed by atoms with Gasteiger partial charge in [0.05, 0.1) is 6.07 Å². The third-order valence-electron chi connectivity index (χ3n) is 1.77. The molecule has 1 atom stereocenters. The van der Waals surface area contributed by atoms with Crippen LogP contribution in [0, 0.1) is 11.3 Å². The summed E-state index contributed by atoms with van der Waals surface area (Å²) in [6, 6.07) is 0.840. The van der Waals surface area contributed by atoms with Gasteiger partial charge in [-0.2, -0.15) is 5.26 Å². The van der Waals surface area contributed by atoms with Crippen LogP contribution in [-0.2, 0) is 14.4 Å². The first-order chi connectivity index (χ1) is 8.17. The Balaban J connectivity index is 4.27. The molecule has 3 amide bonds. The summed E-state index contributed by atoms with van der Waals surface area (Å²) in [7, 11) is 0. The van der Waals surface area contributed by atoms with Crippen LogP contribution in [0.15, 0.2) is 0 Å². The first-order valence-corrected chi connectivity index (χ1v) is 5.45. The second kappa shape index (κ2) is 6.59. The van der Waals surface area contributed by atoms with E-state index >= 15 is 0 Å². The molecule has 100 valence electrons. The van der Waals surface area contributed by atoms with E-state index in [0.717, 1.165) is 0 Å². The standard InChI is InChI=1S/C11H18N4O3/c1-7(8(16)15-11(2,3)4)14-10(18)9(17)13-6-5-12/h7H,6H2,1-4H3,(H,13,17)(H,14,18)(H,15,16). The number of rotatable bonds is 3. The molecule has 0 saturated heterocycles. The maximum Gasteiger partial charge on any atom is 0.310 e. The Morgan fingerprint density at radius 3 is 2.22 bits per heavy atom. The van der Waals surface area contributed by atoms with Crippen molar-refractivity contribution in [2.24, 2.45) is 0 Å². The van der Waals surface area contributed by atoms with Crippen LogP contribution in [0.3, 0.4) is 0 Å². The van der Waals surface area contributed by atoms with Crippen LogP contribution in [0.1, 0.15) is 27.7 Å². The van der Waals surface area contributed by atoms with Crippen LogP contribution in [0.5, 0.6) is 0 Å². The van der Waals surface area contributed by atoms with E-state index in [-0.39, 0.29) is 12.5 Å². The topological polar surface area (TPSA) is 111 Å². The fourth-order valence-electron chi connectivity index (χ4n) is 1.01. The van der Waals surface area contributed by atoms with Crippen molar-refractivity contribution in [3.05, 3.63) is 0 Å². The molecule has 0 spiro atoms. The van der Waals surface area contributed by atoms with E-state index in [4.69, 9.17) is 5.26 Å². The van der Waals surface area contributed by atoms with Gasteiger partial charge in [0.2, 0.25) is 5.91 Å². The molecule has 0 aliphatic rings. The Morgan fingerprint density at radius 2 is 1.78 bits per heavy atom. The molecule has 0 radical (unpaired) electrons. The largest absolute Gasteiger partial charge is 0.350 e. The Hall–Kier alpha value is -2.10. The van der Waals surface area contributed by atoms with E-state index in [1.807, 2.05) is 0 Å². The van der Waals surface area contributed by atoms with Crippen LogP contribution in [0.25, 0.3) is 0 Å². The van der Waals surface area contributed by atoms with Crippen LogP contribution in [0.4, 0.5) is 0 Å². The molecule has 0 aliphatic carbocycles. The van der Waals surface area contributed by atoms with Gasteiger partial charge in [0, 0.05) is 5.54 Å². The minimum Gasteiger partial charge on any atom is -0.350 e. The van der Waals surface area contributed by atoms with Gasteiger partial charge in [-0.15, -0.1) is 0 Å². The predicted octanol–water partition coefficient (Wildman–Crippen LogP) is -0.954. The number of amides is 3. The highest BCUT2D eigenvalue weighted by Crippen LogP contribution is 1.99. The smallest absolute Gasteiger partial charge is 0.310 e. The number of nitrogens with one attached hydrogen (secondary N) is 3. The van der Waals surface area contributed by atoms with Gasteiger partial charge < -0.3 is 16.0 Å². The lowest BCUT2D eigenvalue weighted by atomic mass is 10.1. The minimum atomic E-state index is -0.943. The van der Waals surface area contributed by atoms with Gasteiger partial charge in [-0.1, -0.05) is 0 Å². The molecule has 18 heavy (non-hydrogen) atoms. The van der Waals surface area contributed by atoms with Crippen molar-refractivity contribution in [1.29, 1.82) is 5.26 Å². The maximum absolute atomic E-state index is 11.6. The minimum absolute atomic E-state index is 0.255. The lowest BCUT2D eigenvalue weighted by Gasteiger charge is -2.23. The summed E-state index contributed by atoms with van der Waals surface area (Å²) in [5.74, 6) is -2.27. The molecule has 0 saturated carbocycles. The van der Waals surface area contributed by atoms with E-state index in [2.05, 4.69) is 16.0 Å². The molecule has 0 aliphatic heterocycles. The summed E-state index contributed by atoms with van der Waals surface area (Å²) in [6.07, 6.45) is 0. The van der Waals surface area contributed by atoms with Crippen molar-refractivity contribution >= 4 is 17.7 Å². The van der Waals surface area contributed by atoms with Gasteiger partial charge in [0.25, 0.3) is 0 Å². The van der Waals surface area contributed by atoms with E-state index in [0.29, 0.717) is 0 Å². The van der Waals surface area contributed by atoms with Gasteiger partial charge in [-0.3, -0.25) is 14.4 Å². The average molecular weight is 254 g/mol. The molecule has 0 heterocycles. The van der Waals surface area contributed by atoms with Gasteiger partial charge in [-0.05, 0) is 27.7 Å². The monoisotopic (exact) mass is 254 g/mol. The van der Waals surface area contributed by atoms with E-state index in [9.17, 15) is 14.4 Å². The van der Waals surface area contributed by atoms with Crippen molar-refractivity contribution in [1.82, 2.24) is 16.0 Å². The predicted molar refractivity (Wildman–Crippen MR) is 64.1 cm³/mol. The van der Waals surface area contributed by atoms with Crippen LogP contribution < -0.4 is 16.0 Å². The molecule has 7 nitrogen and oxygen atoms in total. The highest BCUT2D eigenvalue weighted by atomic mass is 16.2. The summed E-state index contributed by atoms with van der Waals surface area (Å²) in [5, 5.41) is 15.2. The van der Waals surface area contributed by atoms with Gasteiger partial charge in [0.15, 0.2) is 0 Å².